The molecule has 3 heteroatoms. The third-order valence-corrected chi connectivity index (χ3v) is 4.87. The van der Waals surface area contributed by atoms with Gasteiger partial charge in [0.25, 0.3) is 0 Å². The van der Waals surface area contributed by atoms with E-state index in [-0.39, 0.29) is 11.9 Å². The van der Waals surface area contributed by atoms with Gasteiger partial charge in [-0.25, -0.2) is 0 Å². The average molecular weight is 298 g/mol. The number of carbonyl (C=O) groups is 1. The maximum absolute atomic E-state index is 11.0. The summed E-state index contributed by atoms with van der Waals surface area (Å²) in [6.07, 6.45) is 2.60. The summed E-state index contributed by atoms with van der Waals surface area (Å²) in [4.78, 5) is 11.0. The molecule has 1 N–H and O–H groups in total. The van der Waals surface area contributed by atoms with E-state index in [2.05, 4.69) is 36.5 Å². The third-order valence-electron chi connectivity index (χ3n) is 2.57. The minimum atomic E-state index is 0.0220. The van der Waals surface area contributed by atoms with Gasteiger partial charge in [-0.3, -0.25) is 0 Å². The van der Waals surface area contributed by atoms with E-state index in [9.17, 15) is 4.79 Å². The van der Waals surface area contributed by atoms with E-state index in [1.807, 2.05) is 6.92 Å². The van der Waals surface area contributed by atoms with Crippen LogP contribution in [0.1, 0.15) is 45.2 Å². The van der Waals surface area contributed by atoms with E-state index in [1.165, 1.54) is 28.2 Å². The van der Waals surface area contributed by atoms with E-state index < -0.39 is 0 Å². The van der Waals surface area contributed by atoms with Gasteiger partial charge in [0.1, 0.15) is 0 Å². The predicted molar refractivity (Wildman–Crippen MR) is 73.8 cm³/mol. The van der Waals surface area contributed by atoms with Crippen molar-refractivity contribution in [3.63, 3.8) is 0 Å². The second-order valence-corrected chi connectivity index (χ2v) is 6.64. The van der Waals surface area contributed by atoms with Gasteiger partial charge in [0.2, 0.25) is 0 Å². The molecule has 17 heavy (non-hydrogen) atoms. The van der Waals surface area contributed by atoms with Crippen molar-refractivity contribution in [2.45, 2.75) is 45.0 Å². The molecule has 1 aromatic carbocycles. The van der Waals surface area contributed by atoms with Gasteiger partial charge in [-0.1, -0.05) is 0 Å². The van der Waals surface area contributed by atoms with Crippen LogP contribution in [0.5, 0.6) is 0 Å². The molecule has 1 amide bonds. The summed E-state index contributed by atoms with van der Waals surface area (Å²) in [6.45, 7) is 5.80. The van der Waals surface area contributed by atoms with E-state index in [1.54, 1.807) is 6.92 Å². The molecule has 1 atom stereocenters. The minimum absolute atomic E-state index is 0.0220. The van der Waals surface area contributed by atoms with Crippen molar-refractivity contribution in [3.8, 4) is 0 Å². The van der Waals surface area contributed by atoms with Crippen molar-refractivity contribution in [2.75, 3.05) is 0 Å². The van der Waals surface area contributed by atoms with E-state index in [0.29, 0.717) is 15.0 Å². The second kappa shape index (κ2) is 7.52. The fourth-order valence-corrected chi connectivity index (χ4v) is 3.67. The monoisotopic (exact) mass is 299 g/mol. The van der Waals surface area contributed by atoms with Gasteiger partial charge in [-0.15, -0.1) is 0 Å². The summed E-state index contributed by atoms with van der Waals surface area (Å²) in [5.74, 6) is 0.0220. The quantitative estimate of drug-likeness (QED) is 0.634. The molecular formula is C14H21NOSe. The Labute approximate surface area is 110 Å². The molecule has 1 aromatic rings. The zero-order valence-corrected chi connectivity index (χ0v) is 12.5. The number of amides is 1. The number of carbonyl (C=O) groups excluding carboxylic acids is 1. The molecule has 0 saturated carbocycles. The Kier molecular flexibility index (Phi) is 6.31. The van der Waals surface area contributed by atoms with Gasteiger partial charge in [-0.2, -0.15) is 0 Å². The fraction of sp³-hybridized carbons (Fsp3) is 0.500. The Hall–Kier alpha value is -0.791. The molecule has 0 bridgehead atoms. The Bertz CT molecular complexity index is 348. The molecule has 0 unspecified atom stereocenters. The number of rotatable bonds is 6. The molecule has 0 saturated heterocycles. The summed E-state index contributed by atoms with van der Waals surface area (Å²) in [5.41, 5.74) is 1.18. The number of benzene rings is 1. The summed E-state index contributed by atoms with van der Waals surface area (Å²) in [5, 5.41) is 4.22. The van der Waals surface area contributed by atoms with Gasteiger partial charge in [-0.05, 0) is 0 Å². The zero-order valence-electron chi connectivity index (χ0n) is 10.8. The van der Waals surface area contributed by atoms with Crippen LogP contribution >= 0.6 is 0 Å². The van der Waals surface area contributed by atoms with Crippen molar-refractivity contribution >= 4 is 25.3 Å². The Balaban J connectivity index is 2.52. The SMILES string of the molecule is CCCC[Se]c1ccc([C@@H](C)NC(C)=O)cc1. The van der Waals surface area contributed by atoms with Gasteiger partial charge in [0, 0.05) is 0 Å². The standard InChI is InChI=1S/C14H21NOSe/c1-4-5-10-17-14-8-6-13(7-9-14)11(2)15-12(3)16/h6-9,11H,4-5,10H2,1-3H3,(H,15,16)/t11-/m1/s1. The molecule has 94 valence electrons. The van der Waals surface area contributed by atoms with E-state index in [4.69, 9.17) is 0 Å². The molecule has 0 spiro atoms. The number of unbranched alkanes of at least 4 members (excludes halogenated alkanes) is 1. The normalized spacial score (nSPS) is 12.2. The van der Waals surface area contributed by atoms with Crippen LogP contribution in [0.4, 0.5) is 0 Å². The van der Waals surface area contributed by atoms with Crippen molar-refractivity contribution in [1.29, 1.82) is 0 Å². The van der Waals surface area contributed by atoms with Gasteiger partial charge in [0.05, 0.1) is 0 Å². The summed E-state index contributed by atoms with van der Waals surface area (Å²) >= 11 is 0.603. The molecular weight excluding hydrogens is 277 g/mol. The predicted octanol–water partition coefficient (Wildman–Crippen LogP) is 2.43. The molecule has 0 radical (unpaired) electrons. The first-order chi connectivity index (χ1) is 8.13. The first-order valence-corrected chi connectivity index (χ1v) is 8.20. The summed E-state index contributed by atoms with van der Waals surface area (Å²) in [6, 6.07) is 8.75. The molecule has 1 rings (SSSR count). The molecule has 0 aliphatic rings. The Morgan fingerprint density at radius 3 is 2.53 bits per heavy atom. The van der Waals surface area contributed by atoms with Crippen LogP contribution in [0.15, 0.2) is 24.3 Å². The van der Waals surface area contributed by atoms with Crippen molar-refractivity contribution in [1.82, 2.24) is 5.32 Å². The van der Waals surface area contributed by atoms with Crippen LogP contribution < -0.4 is 9.78 Å². The molecule has 0 aliphatic heterocycles. The molecule has 0 aliphatic carbocycles. The van der Waals surface area contributed by atoms with Crippen LogP contribution in [0, 0.1) is 0 Å². The van der Waals surface area contributed by atoms with Crippen molar-refractivity contribution in [3.05, 3.63) is 29.8 Å². The van der Waals surface area contributed by atoms with Crippen LogP contribution in [0.2, 0.25) is 5.32 Å². The molecule has 0 heterocycles. The van der Waals surface area contributed by atoms with Gasteiger partial charge < -0.3 is 0 Å². The summed E-state index contributed by atoms with van der Waals surface area (Å²) < 4.78 is 1.45. The van der Waals surface area contributed by atoms with E-state index in [0.717, 1.165) is 0 Å². The van der Waals surface area contributed by atoms with Crippen molar-refractivity contribution in [2.24, 2.45) is 0 Å². The maximum atomic E-state index is 11.0. The average Bonchev–Trinajstić information content (AvgIpc) is 2.29. The number of hydrogen-bond acceptors (Lipinski definition) is 1. The van der Waals surface area contributed by atoms with Crippen molar-refractivity contribution < 1.29 is 4.79 Å². The second-order valence-electron chi connectivity index (χ2n) is 4.19. The zero-order chi connectivity index (χ0) is 12.7. The fourth-order valence-electron chi connectivity index (χ4n) is 1.58. The first-order valence-electron chi connectivity index (χ1n) is 6.13. The Morgan fingerprint density at radius 1 is 1.35 bits per heavy atom. The van der Waals surface area contributed by atoms with Crippen LogP contribution in [-0.2, 0) is 4.79 Å². The first kappa shape index (κ1) is 14.3. The van der Waals surface area contributed by atoms with Gasteiger partial charge >= 0.3 is 110 Å². The number of hydrogen-bond donors (Lipinski definition) is 1. The molecule has 2 nitrogen and oxygen atoms in total. The third kappa shape index (κ3) is 5.38. The summed E-state index contributed by atoms with van der Waals surface area (Å²) in [7, 11) is 0. The van der Waals surface area contributed by atoms with Crippen LogP contribution in [-0.4, -0.2) is 20.9 Å². The van der Waals surface area contributed by atoms with Crippen LogP contribution in [0.3, 0.4) is 0 Å². The molecule has 0 fully saturated rings. The van der Waals surface area contributed by atoms with Crippen LogP contribution in [0.25, 0.3) is 0 Å². The van der Waals surface area contributed by atoms with Gasteiger partial charge in [0.15, 0.2) is 0 Å². The molecule has 0 aromatic heterocycles. The topological polar surface area (TPSA) is 29.1 Å². The number of nitrogens with one attached hydrogen (secondary N) is 1. The Morgan fingerprint density at radius 2 is 2.00 bits per heavy atom. The van der Waals surface area contributed by atoms with E-state index >= 15 is 0 Å².